The van der Waals surface area contributed by atoms with Crippen LogP contribution in [0.5, 0.6) is 0 Å². The number of carbonyl (C=O) groups is 1. The molecule has 0 atom stereocenters. The van der Waals surface area contributed by atoms with Gasteiger partial charge in [-0.15, -0.1) is 0 Å². The molecule has 0 radical (unpaired) electrons. The third-order valence-corrected chi connectivity index (χ3v) is 1.78. The molecule has 0 aliphatic rings. The Labute approximate surface area is 74.5 Å². The number of allylic oxidation sites excluding steroid dienone is 1. The second kappa shape index (κ2) is 2.82. The van der Waals surface area contributed by atoms with Crippen LogP contribution in [0, 0.1) is 0 Å². The van der Waals surface area contributed by atoms with Gasteiger partial charge in [-0.1, -0.05) is 6.58 Å². The Morgan fingerprint density at radius 3 is 3.15 bits per heavy atom. The first-order valence-electron chi connectivity index (χ1n) is 3.77. The average Bonchev–Trinajstić information content (AvgIpc) is 2.60. The van der Waals surface area contributed by atoms with Gasteiger partial charge < -0.3 is 0 Å². The molecule has 4 nitrogen and oxygen atoms in total. The molecule has 13 heavy (non-hydrogen) atoms. The van der Waals surface area contributed by atoms with Crippen molar-refractivity contribution in [1.29, 1.82) is 0 Å². The summed E-state index contributed by atoms with van der Waals surface area (Å²) in [5, 5.41) is 4.00. The number of rotatable bonds is 2. The Morgan fingerprint density at radius 1 is 1.54 bits per heavy atom. The van der Waals surface area contributed by atoms with E-state index in [-0.39, 0.29) is 5.78 Å². The normalized spacial score (nSPS) is 10.2. The number of hydrogen-bond donors (Lipinski definition) is 0. The maximum Gasteiger partial charge on any atom is 0.189 e. The smallest absolute Gasteiger partial charge is 0.189 e. The SMILES string of the molecule is C=CC(=O)c1cnn2ccncc12. The standard InChI is InChI=1S/C9H7N3O/c1-2-9(13)7-5-11-12-4-3-10-6-8(7)12/h2-6H,1H2. The summed E-state index contributed by atoms with van der Waals surface area (Å²) in [6.45, 7) is 3.42. The third-order valence-electron chi connectivity index (χ3n) is 1.78. The third kappa shape index (κ3) is 1.12. The zero-order valence-electron chi connectivity index (χ0n) is 6.84. The van der Waals surface area contributed by atoms with Crippen LogP contribution in [0.25, 0.3) is 5.52 Å². The van der Waals surface area contributed by atoms with Gasteiger partial charge in [-0.2, -0.15) is 5.10 Å². The molecule has 0 fully saturated rings. The first-order valence-corrected chi connectivity index (χ1v) is 3.77. The lowest BCUT2D eigenvalue weighted by Gasteiger charge is -1.91. The highest BCUT2D eigenvalue weighted by atomic mass is 16.1. The van der Waals surface area contributed by atoms with Crippen molar-refractivity contribution >= 4 is 11.3 Å². The van der Waals surface area contributed by atoms with Crippen molar-refractivity contribution in [3.63, 3.8) is 0 Å². The molecule has 0 aromatic carbocycles. The topological polar surface area (TPSA) is 47.3 Å². The Bertz CT molecular complexity index is 472. The Hall–Kier alpha value is -1.97. The van der Waals surface area contributed by atoms with E-state index >= 15 is 0 Å². The second-order valence-electron chi connectivity index (χ2n) is 2.53. The fourth-order valence-electron chi connectivity index (χ4n) is 1.13. The highest BCUT2D eigenvalue weighted by Gasteiger charge is 2.08. The molecule has 0 bridgehead atoms. The minimum atomic E-state index is -0.136. The van der Waals surface area contributed by atoms with Crippen LogP contribution < -0.4 is 0 Å². The van der Waals surface area contributed by atoms with Gasteiger partial charge in [0.25, 0.3) is 0 Å². The Kier molecular flexibility index (Phi) is 1.66. The van der Waals surface area contributed by atoms with Gasteiger partial charge in [0.2, 0.25) is 0 Å². The first kappa shape index (κ1) is 7.67. The molecule has 2 rings (SSSR count). The van der Waals surface area contributed by atoms with Gasteiger partial charge in [0.15, 0.2) is 5.78 Å². The van der Waals surface area contributed by atoms with Crippen molar-refractivity contribution in [2.45, 2.75) is 0 Å². The number of carbonyl (C=O) groups excluding carboxylic acids is 1. The minimum Gasteiger partial charge on any atom is -0.289 e. The maximum atomic E-state index is 11.3. The number of hydrogen-bond acceptors (Lipinski definition) is 3. The van der Waals surface area contributed by atoms with E-state index in [1.807, 2.05) is 0 Å². The van der Waals surface area contributed by atoms with Crippen LogP contribution in [0.15, 0.2) is 37.4 Å². The van der Waals surface area contributed by atoms with E-state index in [4.69, 9.17) is 0 Å². The minimum absolute atomic E-state index is 0.136. The van der Waals surface area contributed by atoms with E-state index in [0.717, 1.165) is 0 Å². The summed E-state index contributed by atoms with van der Waals surface area (Å²) >= 11 is 0. The van der Waals surface area contributed by atoms with Crippen LogP contribution in [0.2, 0.25) is 0 Å². The molecule has 2 aromatic rings. The van der Waals surface area contributed by atoms with Crippen molar-refractivity contribution < 1.29 is 4.79 Å². The van der Waals surface area contributed by atoms with Crippen LogP contribution in [-0.2, 0) is 0 Å². The van der Waals surface area contributed by atoms with Gasteiger partial charge >= 0.3 is 0 Å². The molecule has 64 valence electrons. The molecule has 0 unspecified atom stereocenters. The fourth-order valence-corrected chi connectivity index (χ4v) is 1.13. The lowest BCUT2D eigenvalue weighted by Crippen LogP contribution is -1.93. The van der Waals surface area contributed by atoms with Gasteiger partial charge in [0.1, 0.15) is 0 Å². The lowest BCUT2D eigenvalue weighted by molar-refractivity contribution is 0.104. The summed E-state index contributed by atoms with van der Waals surface area (Å²) in [5.74, 6) is -0.136. The highest BCUT2D eigenvalue weighted by molar-refractivity contribution is 6.08. The van der Waals surface area contributed by atoms with Gasteiger partial charge in [0.05, 0.1) is 23.5 Å². The summed E-state index contributed by atoms with van der Waals surface area (Å²) in [7, 11) is 0. The summed E-state index contributed by atoms with van der Waals surface area (Å²) < 4.78 is 1.60. The number of aromatic nitrogens is 3. The van der Waals surface area contributed by atoms with E-state index in [9.17, 15) is 4.79 Å². The molecule has 0 N–H and O–H groups in total. The molecule has 0 saturated heterocycles. The van der Waals surface area contributed by atoms with Crippen molar-refractivity contribution in [3.8, 4) is 0 Å². The van der Waals surface area contributed by atoms with Crippen molar-refractivity contribution in [2.24, 2.45) is 0 Å². The molecule has 4 heteroatoms. The van der Waals surface area contributed by atoms with Crippen LogP contribution in [0.3, 0.4) is 0 Å². The lowest BCUT2D eigenvalue weighted by atomic mass is 10.2. The molecular formula is C9H7N3O. The van der Waals surface area contributed by atoms with Gasteiger partial charge in [-0.25, -0.2) is 4.52 Å². The first-order chi connectivity index (χ1) is 6.33. The molecule has 2 heterocycles. The van der Waals surface area contributed by atoms with E-state index in [1.54, 1.807) is 23.1 Å². The number of fused-ring (bicyclic) bond motifs is 1. The molecule has 0 aliphatic carbocycles. The molecule has 0 saturated carbocycles. The average molecular weight is 173 g/mol. The predicted octanol–water partition coefficient (Wildman–Crippen LogP) is 1.10. The monoisotopic (exact) mass is 173 g/mol. The second-order valence-corrected chi connectivity index (χ2v) is 2.53. The number of nitrogens with zero attached hydrogens (tertiary/aromatic N) is 3. The summed E-state index contributed by atoms with van der Waals surface area (Å²) in [6, 6.07) is 0. The zero-order valence-corrected chi connectivity index (χ0v) is 6.84. The van der Waals surface area contributed by atoms with Crippen molar-refractivity contribution in [3.05, 3.63) is 43.0 Å². The van der Waals surface area contributed by atoms with E-state index in [2.05, 4.69) is 16.7 Å². The van der Waals surface area contributed by atoms with Crippen LogP contribution >= 0.6 is 0 Å². The van der Waals surface area contributed by atoms with Gasteiger partial charge in [-0.05, 0) is 6.08 Å². The van der Waals surface area contributed by atoms with Crippen LogP contribution in [0.4, 0.5) is 0 Å². The van der Waals surface area contributed by atoms with Crippen molar-refractivity contribution in [1.82, 2.24) is 14.6 Å². The Balaban J connectivity index is 2.71. The van der Waals surface area contributed by atoms with Crippen LogP contribution in [0.1, 0.15) is 10.4 Å². The maximum absolute atomic E-state index is 11.3. The van der Waals surface area contributed by atoms with Crippen molar-refractivity contribution in [2.75, 3.05) is 0 Å². The fraction of sp³-hybridized carbons (Fsp3) is 0. The predicted molar refractivity (Wildman–Crippen MR) is 47.5 cm³/mol. The highest BCUT2D eigenvalue weighted by Crippen LogP contribution is 2.09. The van der Waals surface area contributed by atoms with E-state index < -0.39 is 0 Å². The molecule has 2 aromatic heterocycles. The molecule has 0 aliphatic heterocycles. The molecule has 0 amide bonds. The van der Waals surface area contributed by atoms with Gasteiger partial charge in [0, 0.05) is 12.4 Å². The molecule has 0 spiro atoms. The summed E-state index contributed by atoms with van der Waals surface area (Å²) in [5.41, 5.74) is 1.23. The quantitative estimate of drug-likeness (QED) is 0.504. The van der Waals surface area contributed by atoms with Gasteiger partial charge in [-0.3, -0.25) is 9.78 Å². The summed E-state index contributed by atoms with van der Waals surface area (Å²) in [6.07, 6.45) is 7.69. The number of ketones is 1. The Morgan fingerprint density at radius 2 is 2.38 bits per heavy atom. The van der Waals surface area contributed by atoms with E-state index in [1.165, 1.54) is 12.3 Å². The summed E-state index contributed by atoms with van der Waals surface area (Å²) in [4.78, 5) is 15.2. The molecular weight excluding hydrogens is 166 g/mol. The zero-order chi connectivity index (χ0) is 9.26. The van der Waals surface area contributed by atoms with E-state index in [0.29, 0.717) is 11.1 Å². The van der Waals surface area contributed by atoms with Crippen LogP contribution in [-0.4, -0.2) is 20.4 Å². The largest absolute Gasteiger partial charge is 0.289 e.